The summed E-state index contributed by atoms with van der Waals surface area (Å²) in [5.74, 6) is -2.42. The quantitative estimate of drug-likeness (QED) is 0.759. The van der Waals surface area contributed by atoms with Crippen LogP contribution in [0.25, 0.3) is 16.9 Å². The lowest BCUT2D eigenvalue weighted by atomic mass is 10.1. The number of hydrogen-bond donors (Lipinski definition) is 2. The number of carboxylic acids is 2. The zero-order valence-corrected chi connectivity index (χ0v) is 10.6. The van der Waals surface area contributed by atoms with E-state index in [1.807, 2.05) is 6.07 Å². The summed E-state index contributed by atoms with van der Waals surface area (Å²) in [6.07, 6.45) is 1.09. The lowest BCUT2D eigenvalue weighted by molar-refractivity contribution is 0.0678. The molecule has 0 bridgehead atoms. The van der Waals surface area contributed by atoms with Crippen LogP contribution in [0, 0.1) is 0 Å². The van der Waals surface area contributed by atoms with Crippen LogP contribution < -0.4 is 0 Å². The Bertz CT molecular complexity index is 855. The minimum Gasteiger partial charge on any atom is -0.477 e. The van der Waals surface area contributed by atoms with Crippen molar-refractivity contribution >= 4 is 17.6 Å². The summed E-state index contributed by atoms with van der Waals surface area (Å²) >= 11 is 0. The Morgan fingerprint density at radius 2 is 1.76 bits per heavy atom. The van der Waals surface area contributed by atoms with E-state index in [0.29, 0.717) is 11.3 Å². The molecule has 3 rings (SSSR count). The summed E-state index contributed by atoms with van der Waals surface area (Å²) in [5, 5.41) is 22.2. The van der Waals surface area contributed by atoms with Gasteiger partial charge in [0.15, 0.2) is 11.3 Å². The average Bonchev–Trinajstić information content (AvgIpc) is 2.90. The molecule has 21 heavy (non-hydrogen) atoms. The molecular weight excluding hydrogens is 274 g/mol. The largest absolute Gasteiger partial charge is 0.477 e. The van der Waals surface area contributed by atoms with Crippen molar-refractivity contribution in [1.82, 2.24) is 14.6 Å². The van der Waals surface area contributed by atoms with Gasteiger partial charge in [-0.3, -0.25) is 0 Å². The second-order valence-corrected chi connectivity index (χ2v) is 4.30. The van der Waals surface area contributed by atoms with E-state index in [4.69, 9.17) is 5.11 Å². The number of rotatable bonds is 3. The molecule has 0 unspecified atom stereocenters. The number of aromatic nitrogens is 3. The van der Waals surface area contributed by atoms with Crippen LogP contribution >= 0.6 is 0 Å². The van der Waals surface area contributed by atoms with Gasteiger partial charge in [-0.15, -0.1) is 0 Å². The van der Waals surface area contributed by atoms with Crippen LogP contribution in [0.2, 0.25) is 0 Å². The number of hydrogen-bond acceptors (Lipinski definition) is 4. The minimum absolute atomic E-state index is 0.00116. The van der Waals surface area contributed by atoms with Crippen LogP contribution in [0.3, 0.4) is 0 Å². The highest BCUT2D eigenvalue weighted by atomic mass is 16.4. The SMILES string of the molecule is O=C(O)c1cnn2c(C(=O)O)cc(-c3ccccc3)nc12. The van der Waals surface area contributed by atoms with Crippen molar-refractivity contribution in [2.45, 2.75) is 0 Å². The first-order valence-electron chi connectivity index (χ1n) is 5.98. The van der Waals surface area contributed by atoms with E-state index in [1.165, 1.54) is 6.07 Å². The van der Waals surface area contributed by atoms with Crippen molar-refractivity contribution in [2.75, 3.05) is 0 Å². The fourth-order valence-electron chi connectivity index (χ4n) is 2.02. The fraction of sp³-hybridized carbons (Fsp3) is 0. The van der Waals surface area contributed by atoms with Crippen molar-refractivity contribution in [3.05, 3.63) is 53.9 Å². The lowest BCUT2D eigenvalue weighted by Crippen LogP contribution is -2.09. The van der Waals surface area contributed by atoms with Crippen LogP contribution in [0.15, 0.2) is 42.6 Å². The highest BCUT2D eigenvalue weighted by Crippen LogP contribution is 2.21. The first kappa shape index (κ1) is 12.8. The molecule has 0 radical (unpaired) electrons. The lowest BCUT2D eigenvalue weighted by Gasteiger charge is -2.05. The Balaban J connectivity index is 2.35. The van der Waals surface area contributed by atoms with Crippen molar-refractivity contribution in [2.24, 2.45) is 0 Å². The average molecular weight is 283 g/mol. The smallest absolute Gasteiger partial charge is 0.354 e. The maximum atomic E-state index is 11.3. The van der Waals surface area contributed by atoms with Crippen molar-refractivity contribution in [3.63, 3.8) is 0 Å². The van der Waals surface area contributed by atoms with E-state index < -0.39 is 11.9 Å². The van der Waals surface area contributed by atoms with Crippen LogP contribution in [-0.2, 0) is 0 Å². The molecule has 0 aliphatic carbocycles. The van der Waals surface area contributed by atoms with Gasteiger partial charge in [-0.2, -0.15) is 5.10 Å². The normalized spacial score (nSPS) is 10.7. The number of aromatic carboxylic acids is 2. The van der Waals surface area contributed by atoms with E-state index in [0.717, 1.165) is 10.7 Å². The number of nitrogens with zero attached hydrogens (tertiary/aromatic N) is 3. The standard InChI is InChI=1S/C14H9N3O4/c18-13(19)9-7-15-17-11(14(20)21)6-10(16-12(9)17)8-4-2-1-3-5-8/h1-7H,(H,18,19)(H,20,21). The number of fused-ring (bicyclic) bond motifs is 1. The van der Waals surface area contributed by atoms with Gasteiger partial charge in [-0.25, -0.2) is 19.1 Å². The number of benzene rings is 1. The van der Waals surface area contributed by atoms with Crippen LogP contribution in [0.4, 0.5) is 0 Å². The predicted molar refractivity (Wildman–Crippen MR) is 72.3 cm³/mol. The van der Waals surface area contributed by atoms with Gasteiger partial charge in [-0.1, -0.05) is 30.3 Å². The van der Waals surface area contributed by atoms with E-state index >= 15 is 0 Å². The molecule has 3 aromatic rings. The Morgan fingerprint density at radius 3 is 2.38 bits per heavy atom. The molecule has 0 fully saturated rings. The molecular formula is C14H9N3O4. The Kier molecular flexibility index (Phi) is 2.87. The molecule has 0 atom stereocenters. The zero-order valence-electron chi connectivity index (χ0n) is 10.6. The van der Waals surface area contributed by atoms with Gasteiger partial charge < -0.3 is 10.2 Å². The molecule has 0 amide bonds. The Morgan fingerprint density at radius 1 is 1.05 bits per heavy atom. The molecule has 0 saturated heterocycles. The first-order chi connectivity index (χ1) is 10.1. The summed E-state index contributed by atoms with van der Waals surface area (Å²) in [6.45, 7) is 0. The second kappa shape index (κ2) is 4.71. The molecule has 0 aliphatic rings. The molecule has 7 nitrogen and oxygen atoms in total. The first-order valence-corrected chi connectivity index (χ1v) is 5.98. The third-order valence-corrected chi connectivity index (χ3v) is 2.99. The highest BCUT2D eigenvalue weighted by molar-refractivity contribution is 5.96. The van der Waals surface area contributed by atoms with Gasteiger partial charge >= 0.3 is 11.9 Å². The summed E-state index contributed by atoms with van der Waals surface area (Å²) in [5.41, 5.74) is 0.784. The molecule has 0 spiro atoms. The minimum atomic E-state index is -1.21. The molecule has 7 heteroatoms. The fourth-order valence-corrected chi connectivity index (χ4v) is 2.02. The second-order valence-electron chi connectivity index (χ2n) is 4.30. The van der Waals surface area contributed by atoms with Gasteiger partial charge in [0.2, 0.25) is 0 Å². The van der Waals surface area contributed by atoms with Gasteiger partial charge in [0.1, 0.15) is 5.56 Å². The maximum absolute atomic E-state index is 11.3. The van der Waals surface area contributed by atoms with E-state index in [1.54, 1.807) is 24.3 Å². The van der Waals surface area contributed by atoms with Gasteiger partial charge in [0, 0.05) is 5.56 Å². The number of carboxylic acid groups (broad SMARTS) is 2. The molecule has 2 aromatic heterocycles. The Hall–Kier alpha value is -3.22. The van der Waals surface area contributed by atoms with Crippen LogP contribution in [-0.4, -0.2) is 36.7 Å². The van der Waals surface area contributed by atoms with Crippen molar-refractivity contribution in [1.29, 1.82) is 0 Å². The van der Waals surface area contributed by atoms with E-state index in [2.05, 4.69) is 10.1 Å². The summed E-state index contributed by atoms with van der Waals surface area (Å²) in [4.78, 5) is 26.7. The van der Waals surface area contributed by atoms with E-state index in [-0.39, 0.29) is 16.9 Å². The van der Waals surface area contributed by atoms with Crippen molar-refractivity contribution < 1.29 is 19.8 Å². The molecule has 0 aliphatic heterocycles. The monoisotopic (exact) mass is 283 g/mol. The molecule has 0 saturated carbocycles. The van der Waals surface area contributed by atoms with Gasteiger partial charge in [-0.05, 0) is 6.07 Å². The molecule has 104 valence electrons. The summed E-state index contributed by atoms with van der Waals surface area (Å²) < 4.78 is 1.01. The van der Waals surface area contributed by atoms with Gasteiger partial charge in [0.25, 0.3) is 0 Å². The topological polar surface area (TPSA) is 105 Å². The maximum Gasteiger partial charge on any atom is 0.354 e. The molecule has 2 heterocycles. The van der Waals surface area contributed by atoms with Crippen molar-refractivity contribution in [3.8, 4) is 11.3 Å². The predicted octanol–water partition coefficient (Wildman–Crippen LogP) is 1.79. The summed E-state index contributed by atoms with van der Waals surface area (Å²) in [7, 11) is 0. The highest BCUT2D eigenvalue weighted by Gasteiger charge is 2.19. The van der Waals surface area contributed by atoms with Crippen LogP contribution in [0.1, 0.15) is 20.8 Å². The zero-order chi connectivity index (χ0) is 15.0. The molecule has 2 N–H and O–H groups in total. The molecule has 1 aromatic carbocycles. The third kappa shape index (κ3) is 2.10. The number of carbonyl (C=O) groups is 2. The summed E-state index contributed by atoms with van der Waals surface area (Å²) in [6, 6.07) is 10.3. The van der Waals surface area contributed by atoms with E-state index in [9.17, 15) is 14.7 Å². The third-order valence-electron chi connectivity index (χ3n) is 2.99. The van der Waals surface area contributed by atoms with Crippen LogP contribution in [0.5, 0.6) is 0 Å². The van der Waals surface area contributed by atoms with Gasteiger partial charge in [0.05, 0.1) is 11.9 Å². The Labute approximate surface area is 118 Å².